The second kappa shape index (κ2) is 11.2. The summed E-state index contributed by atoms with van der Waals surface area (Å²) in [5.41, 5.74) is 1.41. The molecule has 0 aromatic heterocycles. The van der Waals surface area contributed by atoms with E-state index in [0.717, 1.165) is 10.5 Å². The second-order valence-electron chi connectivity index (χ2n) is 7.44. The van der Waals surface area contributed by atoms with Crippen molar-refractivity contribution >= 4 is 91.6 Å². The first-order valence-corrected chi connectivity index (χ1v) is 12.6. The lowest BCUT2D eigenvalue weighted by atomic mass is 10.1. The molecule has 1 fully saturated rings. The molecule has 1 aliphatic heterocycles. The normalized spacial score (nSPS) is 14.8. The van der Waals surface area contributed by atoms with Crippen molar-refractivity contribution in [1.29, 1.82) is 0 Å². The van der Waals surface area contributed by atoms with Crippen LogP contribution in [0.25, 0.3) is 6.08 Å². The van der Waals surface area contributed by atoms with E-state index in [1.807, 2.05) is 18.2 Å². The summed E-state index contributed by atoms with van der Waals surface area (Å²) in [6, 6.07) is 15.5. The molecule has 36 heavy (non-hydrogen) atoms. The highest BCUT2D eigenvalue weighted by Gasteiger charge is 2.35. The van der Waals surface area contributed by atoms with Crippen LogP contribution >= 0.6 is 63.0 Å². The molecule has 0 radical (unpaired) electrons. The minimum Gasteiger partial charge on any atom is -0.493 e. The summed E-state index contributed by atoms with van der Waals surface area (Å²) >= 11 is 27.3. The molecule has 0 unspecified atom stereocenters. The van der Waals surface area contributed by atoms with Crippen molar-refractivity contribution in [3.8, 4) is 11.5 Å². The molecule has 3 aromatic carbocycles. The van der Waals surface area contributed by atoms with Gasteiger partial charge in [0, 0.05) is 10.6 Å². The quantitative estimate of drug-likeness (QED) is 0.185. The third kappa shape index (κ3) is 5.38. The zero-order valence-corrected chi connectivity index (χ0v) is 23.2. The number of benzene rings is 3. The molecule has 1 N–H and O–H groups in total. The molecule has 0 aliphatic carbocycles. The number of carbonyl (C=O) groups excluding carboxylic acids is 2. The molecule has 0 spiro atoms. The minimum absolute atomic E-state index is 0.103. The van der Waals surface area contributed by atoms with Gasteiger partial charge in [0.1, 0.15) is 12.2 Å². The number of methoxy groups -OCH3 is 1. The van der Waals surface area contributed by atoms with E-state index in [1.165, 1.54) is 13.2 Å². The molecule has 6 nitrogen and oxygen atoms in total. The van der Waals surface area contributed by atoms with Crippen LogP contribution in [0.5, 0.6) is 11.5 Å². The Bertz CT molecular complexity index is 1430. The predicted molar refractivity (Wildman–Crippen MR) is 149 cm³/mol. The number of hydrogen-bond donors (Lipinski definition) is 1. The first kappa shape index (κ1) is 26.4. The van der Waals surface area contributed by atoms with Crippen molar-refractivity contribution in [2.45, 2.75) is 6.61 Å². The molecule has 184 valence electrons. The van der Waals surface area contributed by atoms with Crippen LogP contribution in [0, 0.1) is 0 Å². The molecule has 4 rings (SSSR count). The van der Waals surface area contributed by atoms with Gasteiger partial charge in [-0.05, 0) is 70.1 Å². The Hall–Kier alpha value is -2.62. The maximum absolute atomic E-state index is 13.3. The molecule has 11 heteroatoms. The first-order valence-electron chi connectivity index (χ1n) is 10.3. The number of nitrogens with zero attached hydrogens (tertiary/aromatic N) is 1. The molecule has 1 aliphatic rings. The first-order chi connectivity index (χ1) is 17.2. The molecular formula is C25H16BrCl3N2O4S. The van der Waals surface area contributed by atoms with Crippen LogP contribution in [0.2, 0.25) is 15.1 Å². The Morgan fingerprint density at radius 1 is 1.06 bits per heavy atom. The van der Waals surface area contributed by atoms with Crippen molar-refractivity contribution in [2.75, 3.05) is 12.0 Å². The third-order valence-electron chi connectivity index (χ3n) is 5.17. The summed E-state index contributed by atoms with van der Waals surface area (Å²) in [6.45, 7) is 0.211. The number of nitrogens with one attached hydrogen (secondary N) is 1. The van der Waals surface area contributed by atoms with E-state index in [0.29, 0.717) is 26.6 Å². The van der Waals surface area contributed by atoms with Crippen LogP contribution in [0.1, 0.15) is 11.1 Å². The van der Waals surface area contributed by atoms with Gasteiger partial charge in [0.05, 0.1) is 27.3 Å². The standard InChI is InChI=1S/C25H16BrCl3N2O4S/c1-34-20-11-13(10-16(26)22(20)35-12-14-5-2-3-6-17(14)27)9-15-23(32)30-25(36)31(24(15)33)19-8-4-7-18(28)21(19)29/h2-11H,12H2,1H3,(H,30,32,36)/b15-9-. The second-order valence-corrected chi connectivity index (χ2v) is 9.88. The van der Waals surface area contributed by atoms with Crippen molar-refractivity contribution < 1.29 is 19.1 Å². The summed E-state index contributed by atoms with van der Waals surface area (Å²) < 4.78 is 12.0. The molecule has 2 amide bonds. The van der Waals surface area contributed by atoms with Crippen LogP contribution in [0.3, 0.4) is 0 Å². The molecule has 0 bridgehead atoms. The van der Waals surface area contributed by atoms with Gasteiger partial charge in [0.25, 0.3) is 11.8 Å². The number of carbonyl (C=O) groups is 2. The molecule has 0 atom stereocenters. The van der Waals surface area contributed by atoms with Crippen molar-refractivity contribution in [2.24, 2.45) is 0 Å². The Labute approximate surface area is 235 Å². The van der Waals surface area contributed by atoms with Crippen molar-refractivity contribution in [1.82, 2.24) is 5.32 Å². The number of thiocarbonyl (C=S) groups is 1. The zero-order chi connectivity index (χ0) is 26.0. The maximum Gasteiger partial charge on any atom is 0.270 e. The molecule has 1 heterocycles. The van der Waals surface area contributed by atoms with Crippen LogP contribution in [-0.2, 0) is 16.2 Å². The van der Waals surface area contributed by atoms with E-state index in [4.69, 9.17) is 56.5 Å². The zero-order valence-electron chi connectivity index (χ0n) is 18.5. The number of halogens is 4. The highest BCUT2D eigenvalue weighted by atomic mass is 79.9. The van der Waals surface area contributed by atoms with Gasteiger partial charge in [-0.2, -0.15) is 0 Å². The Morgan fingerprint density at radius 2 is 1.78 bits per heavy atom. The lowest BCUT2D eigenvalue weighted by Gasteiger charge is -2.29. The van der Waals surface area contributed by atoms with Gasteiger partial charge in [-0.3, -0.25) is 19.8 Å². The fraction of sp³-hybridized carbons (Fsp3) is 0.0800. The molecular weight excluding hydrogens is 611 g/mol. The van der Waals surface area contributed by atoms with E-state index in [1.54, 1.807) is 36.4 Å². The van der Waals surface area contributed by atoms with Crippen molar-refractivity contribution in [3.63, 3.8) is 0 Å². The largest absolute Gasteiger partial charge is 0.493 e. The Balaban J connectivity index is 1.67. The average Bonchev–Trinajstić information content (AvgIpc) is 2.84. The molecule has 0 saturated carbocycles. The average molecular weight is 627 g/mol. The number of amides is 2. The number of ether oxygens (including phenoxy) is 2. The van der Waals surface area contributed by atoms with Gasteiger partial charge in [-0.25, -0.2) is 0 Å². The van der Waals surface area contributed by atoms with E-state index in [-0.39, 0.29) is 33.0 Å². The topological polar surface area (TPSA) is 67.9 Å². The lowest BCUT2D eigenvalue weighted by Crippen LogP contribution is -2.54. The van der Waals surface area contributed by atoms with E-state index >= 15 is 0 Å². The number of anilines is 1. The minimum atomic E-state index is -0.651. The molecule has 3 aromatic rings. The van der Waals surface area contributed by atoms with Crippen molar-refractivity contribution in [3.05, 3.63) is 90.8 Å². The fourth-order valence-electron chi connectivity index (χ4n) is 3.44. The lowest BCUT2D eigenvalue weighted by molar-refractivity contribution is -0.122. The van der Waals surface area contributed by atoms with Crippen LogP contribution in [0.15, 0.2) is 64.6 Å². The van der Waals surface area contributed by atoms with Gasteiger partial charge in [-0.15, -0.1) is 0 Å². The number of hydrogen-bond acceptors (Lipinski definition) is 5. The summed E-state index contributed by atoms with van der Waals surface area (Å²) in [7, 11) is 1.49. The fourth-order valence-corrected chi connectivity index (χ4v) is 4.86. The highest BCUT2D eigenvalue weighted by molar-refractivity contribution is 9.10. The summed E-state index contributed by atoms with van der Waals surface area (Å²) in [5.74, 6) is -0.472. The highest BCUT2D eigenvalue weighted by Crippen LogP contribution is 2.39. The summed E-state index contributed by atoms with van der Waals surface area (Å²) in [4.78, 5) is 27.2. The Kier molecular flexibility index (Phi) is 8.22. The summed E-state index contributed by atoms with van der Waals surface area (Å²) in [5, 5.41) is 3.38. The van der Waals surface area contributed by atoms with E-state index in [2.05, 4.69) is 21.2 Å². The van der Waals surface area contributed by atoms with Gasteiger partial charge in [-0.1, -0.05) is 59.1 Å². The molecule has 1 saturated heterocycles. The monoisotopic (exact) mass is 624 g/mol. The third-order valence-corrected chi connectivity index (χ3v) is 7.22. The van der Waals surface area contributed by atoms with Gasteiger partial charge >= 0.3 is 0 Å². The van der Waals surface area contributed by atoms with Gasteiger partial charge in [0.2, 0.25) is 0 Å². The predicted octanol–water partition coefficient (Wildman–Crippen LogP) is 6.83. The van der Waals surface area contributed by atoms with Gasteiger partial charge < -0.3 is 9.47 Å². The van der Waals surface area contributed by atoms with Crippen LogP contribution in [0.4, 0.5) is 5.69 Å². The summed E-state index contributed by atoms with van der Waals surface area (Å²) in [6.07, 6.45) is 1.43. The number of rotatable bonds is 6. The Morgan fingerprint density at radius 3 is 2.50 bits per heavy atom. The smallest absolute Gasteiger partial charge is 0.270 e. The van der Waals surface area contributed by atoms with Crippen LogP contribution < -0.4 is 19.7 Å². The SMILES string of the molecule is COc1cc(/C=C2/C(=O)NC(=S)N(c3cccc(Cl)c3Cl)C2=O)cc(Br)c1OCc1ccccc1Cl. The van der Waals surface area contributed by atoms with Gasteiger partial charge in [0.15, 0.2) is 16.6 Å². The van der Waals surface area contributed by atoms with Crippen LogP contribution in [-0.4, -0.2) is 24.0 Å². The van der Waals surface area contributed by atoms with E-state index < -0.39 is 11.8 Å². The maximum atomic E-state index is 13.3. The van der Waals surface area contributed by atoms with E-state index in [9.17, 15) is 9.59 Å².